The van der Waals surface area contributed by atoms with Crippen LogP contribution in [0.5, 0.6) is 5.75 Å². The summed E-state index contributed by atoms with van der Waals surface area (Å²) in [6.45, 7) is -1.87. The number of benzene rings is 1. The maximum absolute atomic E-state index is 12.5. The van der Waals surface area contributed by atoms with Crippen molar-refractivity contribution >= 4 is 29.9 Å². The summed E-state index contributed by atoms with van der Waals surface area (Å²) >= 11 is 0. The molecule has 1 saturated heterocycles. The molecule has 29 heavy (non-hydrogen) atoms. The van der Waals surface area contributed by atoms with Crippen LogP contribution in [0.4, 0.5) is 22.0 Å². The van der Waals surface area contributed by atoms with Crippen molar-refractivity contribution in [1.82, 2.24) is 15.1 Å². The minimum Gasteiger partial charge on any atom is -0.435 e. The number of nitrogens with one attached hydrogen (secondary N) is 1. The largest absolute Gasteiger partial charge is 0.435 e. The average Bonchev–Trinajstić information content (AvgIpc) is 3.02. The summed E-state index contributed by atoms with van der Waals surface area (Å²) < 4.78 is 66.1. The van der Waals surface area contributed by atoms with Crippen LogP contribution < -0.4 is 10.1 Å². The number of nitrogens with zero attached hydrogens (tertiary/aromatic N) is 3. The first kappa shape index (κ1) is 25.7. The molecule has 1 aromatic rings. The molecule has 0 saturated carbocycles. The summed E-state index contributed by atoms with van der Waals surface area (Å²) in [6, 6.07) is 6.32. The molecule has 1 heterocycles. The molecule has 0 amide bonds. The molecule has 0 aliphatic carbocycles. The molecule has 11 heteroatoms. The molecule has 0 spiro atoms. The highest BCUT2D eigenvalue weighted by Gasteiger charge is 2.34. The molecule has 1 N–H and O–H groups in total. The van der Waals surface area contributed by atoms with Gasteiger partial charge in [-0.1, -0.05) is 12.1 Å². The summed E-state index contributed by atoms with van der Waals surface area (Å²) in [6.07, 6.45) is -3.47. The summed E-state index contributed by atoms with van der Waals surface area (Å²) in [4.78, 5) is 7.47. The van der Waals surface area contributed by atoms with Crippen molar-refractivity contribution in [3.63, 3.8) is 0 Å². The van der Waals surface area contributed by atoms with Crippen LogP contribution in [-0.4, -0.2) is 68.8 Å². The molecule has 2 rings (SSSR count). The molecule has 1 aromatic carbocycles. The van der Waals surface area contributed by atoms with Gasteiger partial charge in [0.2, 0.25) is 0 Å². The van der Waals surface area contributed by atoms with E-state index in [4.69, 9.17) is 0 Å². The lowest BCUT2D eigenvalue weighted by Gasteiger charge is -2.24. The van der Waals surface area contributed by atoms with E-state index < -0.39 is 19.3 Å². The molecule has 0 radical (unpaired) electrons. The number of aliphatic imine (C=N–C) groups is 1. The van der Waals surface area contributed by atoms with E-state index in [0.717, 1.165) is 5.56 Å². The first-order valence-electron chi connectivity index (χ1n) is 8.91. The Kier molecular flexibility index (Phi) is 10.4. The van der Waals surface area contributed by atoms with Gasteiger partial charge in [0, 0.05) is 33.7 Å². The minimum absolute atomic E-state index is 0. The van der Waals surface area contributed by atoms with Gasteiger partial charge in [-0.05, 0) is 36.6 Å². The zero-order valence-corrected chi connectivity index (χ0v) is 18.6. The van der Waals surface area contributed by atoms with E-state index in [2.05, 4.69) is 15.0 Å². The molecule has 1 aliphatic heterocycles. The quantitative estimate of drug-likeness (QED) is 0.249. The summed E-state index contributed by atoms with van der Waals surface area (Å²) in [5.74, 6) is 0.828. The van der Waals surface area contributed by atoms with E-state index in [1.165, 1.54) is 17.0 Å². The lowest BCUT2D eigenvalue weighted by Crippen LogP contribution is -2.41. The fraction of sp³-hybridized carbons (Fsp3) is 0.611. The predicted molar refractivity (Wildman–Crippen MR) is 112 cm³/mol. The third-order valence-electron chi connectivity index (χ3n) is 4.46. The van der Waals surface area contributed by atoms with Crippen molar-refractivity contribution in [2.45, 2.75) is 25.8 Å². The van der Waals surface area contributed by atoms with E-state index in [1.54, 1.807) is 19.2 Å². The van der Waals surface area contributed by atoms with E-state index >= 15 is 0 Å². The Morgan fingerprint density at radius 1 is 1.31 bits per heavy atom. The first-order valence-corrected chi connectivity index (χ1v) is 8.91. The van der Waals surface area contributed by atoms with Gasteiger partial charge in [-0.3, -0.25) is 9.89 Å². The number of likely N-dealkylation sites (tertiary alicyclic amines) is 1. The van der Waals surface area contributed by atoms with E-state index in [-0.39, 0.29) is 35.6 Å². The lowest BCUT2D eigenvalue weighted by atomic mass is 10.1. The van der Waals surface area contributed by atoms with E-state index in [9.17, 15) is 22.0 Å². The molecule has 5 nitrogen and oxygen atoms in total. The number of rotatable bonds is 7. The van der Waals surface area contributed by atoms with Crippen LogP contribution in [0, 0.1) is 5.92 Å². The van der Waals surface area contributed by atoms with Gasteiger partial charge >= 0.3 is 12.8 Å². The highest BCUT2D eigenvalue weighted by molar-refractivity contribution is 14.0. The molecule has 166 valence electrons. The second-order valence-electron chi connectivity index (χ2n) is 6.81. The van der Waals surface area contributed by atoms with Crippen molar-refractivity contribution < 1.29 is 26.7 Å². The van der Waals surface area contributed by atoms with Gasteiger partial charge in [0.25, 0.3) is 0 Å². The highest BCUT2D eigenvalue weighted by Crippen LogP contribution is 2.22. The Morgan fingerprint density at radius 3 is 2.52 bits per heavy atom. The maximum Gasteiger partial charge on any atom is 0.401 e. The predicted octanol–water partition coefficient (Wildman–Crippen LogP) is 3.80. The maximum atomic E-state index is 12.5. The van der Waals surface area contributed by atoms with Crippen LogP contribution in [0.1, 0.15) is 12.0 Å². The Labute approximate surface area is 184 Å². The third-order valence-corrected chi connectivity index (χ3v) is 4.46. The summed E-state index contributed by atoms with van der Waals surface area (Å²) in [7, 11) is 3.45. The summed E-state index contributed by atoms with van der Waals surface area (Å²) in [5.41, 5.74) is 0.879. The Hall–Kier alpha value is -1.37. The van der Waals surface area contributed by atoms with Crippen LogP contribution in [0.2, 0.25) is 0 Å². The Balaban J connectivity index is 0.00000420. The zero-order valence-electron chi connectivity index (χ0n) is 16.3. The number of hydrogen-bond donors (Lipinski definition) is 1. The Bertz CT molecular complexity index is 642. The fourth-order valence-electron chi connectivity index (χ4n) is 3.22. The van der Waals surface area contributed by atoms with E-state index in [0.29, 0.717) is 38.6 Å². The molecule has 1 unspecified atom stereocenters. The minimum atomic E-state index is -4.17. The molecule has 1 fully saturated rings. The molecule has 1 atom stereocenters. The van der Waals surface area contributed by atoms with Gasteiger partial charge < -0.3 is 15.0 Å². The third kappa shape index (κ3) is 9.32. The molecular weight excluding hydrogens is 510 g/mol. The van der Waals surface area contributed by atoms with Gasteiger partial charge in [-0.25, -0.2) is 0 Å². The first-order chi connectivity index (χ1) is 13.2. The van der Waals surface area contributed by atoms with Crippen molar-refractivity contribution in [3.05, 3.63) is 29.8 Å². The molecule has 0 aromatic heterocycles. The number of alkyl halides is 5. The van der Waals surface area contributed by atoms with Gasteiger partial charge in [-0.2, -0.15) is 22.0 Å². The lowest BCUT2D eigenvalue weighted by molar-refractivity contribution is -0.143. The highest BCUT2D eigenvalue weighted by atomic mass is 127. The molecule has 1 aliphatic rings. The van der Waals surface area contributed by atoms with Crippen LogP contribution >= 0.6 is 24.0 Å². The average molecular weight is 536 g/mol. The van der Waals surface area contributed by atoms with Crippen LogP contribution in [0.15, 0.2) is 29.3 Å². The van der Waals surface area contributed by atoms with Crippen molar-refractivity contribution in [2.75, 3.05) is 40.3 Å². The van der Waals surface area contributed by atoms with Crippen LogP contribution in [-0.2, 0) is 6.54 Å². The second kappa shape index (κ2) is 11.7. The molecular formula is C18H26F5IN4O. The smallest absolute Gasteiger partial charge is 0.401 e. The van der Waals surface area contributed by atoms with Gasteiger partial charge in [0.1, 0.15) is 5.75 Å². The van der Waals surface area contributed by atoms with Crippen molar-refractivity contribution in [2.24, 2.45) is 10.9 Å². The zero-order chi connectivity index (χ0) is 20.7. The number of ether oxygens (including phenoxy) is 1. The number of guanidine groups is 1. The standard InChI is InChI=1S/C18H25F5N4O.HI/c1-24-17(25-9-14-7-8-27(11-14)12-18(21,22)23)26(2)10-13-3-5-15(6-4-13)28-16(19)20;/h3-6,14,16H,7-12H2,1-2H3,(H,24,25);1H. The van der Waals surface area contributed by atoms with Crippen molar-refractivity contribution in [1.29, 1.82) is 0 Å². The van der Waals surface area contributed by atoms with Gasteiger partial charge in [0.15, 0.2) is 5.96 Å². The fourth-order valence-corrected chi connectivity index (χ4v) is 3.22. The Morgan fingerprint density at radius 2 is 1.97 bits per heavy atom. The van der Waals surface area contributed by atoms with E-state index in [1.807, 2.05) is 11.9 Å². The topological polar surface area (TPSA) is 40.1 Å². The SMILES string of the molecule is CN=C(NCC1CCN(CC(F)(F)F)C1)N(C)Cc1ccc(OC(F)F)cc1.I. The van der Waals surface area contributed by atoms with Crippen LogP contribution in [0.25, 0.3) is 0 Å². The number of halogens is 6. The monoisotopic (exact) mass is 536 g/mol. The number of hydrogen-bond acceptors (Lipinski definition) is 3. The van der Waals surface area contributed by atoms with Crippen molar-refractivity contribution in [3.8, 4) is 5.75 Å². The normalized spacial score (nSPS) is 17.9. The molecule has 0 bridgehead atoms. The van der Waals surface area contributed by atoms with Gasteiger partial charge in [-0.15, -0.1) is 24.0 Å². The van der Waals surface area contributed by atoms with Crippen LogP contribution in [0.3, 0.4) is 0 Å². The summed E-state index contributed by atoms with van der Waals surface area (Å²) in [5, 5.41) is 3.20. The second-order valence-corrected chi connectivity index (χ2v) is 6.81. The van der Waals surface area contributed by atoms with Gasteiger partial charge in [0.05, 0.1) is 6.54 Å².